The fraction of sp³-hybridized carbons (Fsp3) is 0.395. The van der Waals surface area contributed by atoms with Gasteiger partial charge in [0.2, 0.25) is 46.6 Å². The number of hydrogen-bond donors (Lipinski definition) is 5. The molecule has 0 aliphatic rings. The molecule has 0 spiro atoms. The van der Waals surface area contributed by atoms with Gasteiger partial charge in [-0.2, -0.15) is 17.6 Å². The number of alkyl halides is 2. The molecule has 58 heavy (non-hydrogen) atoms. The van der Waals surface area contributed by atoms with Crippen molar-refractivity contribution < 1.29 is 74.0 Å². The zero-order valence-corrected chi connectivity index (χ0v) is 31.7. The van der Waals surface area contributed by atoms with Crippen molar-refractivity contribution in [2.45, 2.75) is 77.3 Å². The molecule has 0 saturated carbocycles. The quantitative estimate of drug-likeness (QED) is 0.0434. The molecule has 20 heteroatoms. The fourth-order valence-electron chi connectivity index (χ4n) is 4.96. The molecule has 3 aromatic rings. The Bertz CT molecular complexity index is 1920. The van der Waals surface area contributed by atoms with Gasteiger partial charge >= 0.3 is 18.0 Å². The molecule has 3 rings (SSSR count). The summed E-state index contributed by atoms with van der Waals surface area (Å²) in [5.41, 5.74) is -0.274. The maximum atomic E-state index is 15.6. The van der Waals surface area contributed by atoms with E-state index in [4.69, 9.17) is 9.47 Å². The average molecular weight is 831 g/mol. The van der Waals surface area contributed by atoms with Gasteiger partial charge in [0.15, 0.2) is 6.61 Å². The lowest BCUT2D eigenvalue weighted by atomic mass is 9.95. The Hall–Kier alpha value is -5.92. The molecule has 3 atom stereocenters. The van der Waals surface area contributed by atoms with E-state index in [1.807, 2.05) is 5.32 Å². The van der Waals surface area contributed by atoms with Crippen molar-refractivity contribution in [1.29, 1.82) is 0 Å². The minimum Gasteiger partial charge on any atom is -0.482 e. The number of amides is 4. The lowest BCUT2D eigenvalue weighted by Crippen LogP contribution is -2.61. The summed E-state index contributed by atoms with van der Waals surface area (Å²) < 4.78 is 114. The number of benzene rings is 3. The molecule has 0 bridgehead atoms. The molecular formula is C38H41F7N4O9. The van der Waals surface area contributed by atoms with Crippen LogP contribution >= 0.6 is 0 Å². The van der Waals surface area contributed by atoms with Crippen LogP contribution in [0.1, 0.15) is 45.7 Å². The number of nitrogens with one attached hydrogen (secondary N) is 4. The molecule has 0 aromatic heterocycles. The zero-order valence-electron chi connectivity index (χ0n) is 31.7. The number of alkyl carbamates (subject to hydrolysis) is 1. The molecule has 0 aliphatic heterocycles. The van der Waals surface area contributed by atoms with E-state index < -0.39 is 120 Å². The molecule has 0 radical (unpaired) electrons. The van der Waals surface area contributed by atoms with Gasteiger partial charge < -0.3 is 40.6 Å². The van der Waals surface area contributed by atoms with Gasteiger partial charge in [-0.3, -0.25) is 14.4 Å². The van der Waals surface area contributed by atoms with Crippen molar-refractivity contribution >= 4 is 29.8 Å². The van der Waals surface area contributed by atoms with E-state index in [0.29, 0.717) is 5.56 Å². The number of hydrogen-bond acceptors (Lipinski definition) is 9. The highest BCUT2D eigenvalue weighted by atomic mass is 19.3. The van der Waals surface area contributed by atoms with Crippen LogP contribution in [0.3, 0.4) is 0 Å². The third-order valence-electron chi connectivity index (χ3n) is 7.86. The van der Waals surface area contributed by atoms with Gasteiger partial charge in [0.25, 0.3) is 5.91 Å². The highest BCUT2D eigenvalue weighted by Crippen LogP contribution is 2.29. The van der Waals surface area contributed by atoms with Crippen LogP contribution in [0.2, 0.25) is 0 Å². The molecule has 316 valence electrons. The lowest BCUT2D eigenvalue weighted by molar-refractivity contribution is -0.168. The third kappa shape index (κ3) is 13.1. The van der Waals surface area contributed by atoms with Crippen LogP contribution in [-0.2, 0) is 36.9 Å². The second-order valence-corrected chi connectivity index (χ2v) is 14.0. The van der Waals surface area contributed by atoms with Crippen LogP contribution in [-0.4, -0.2) is 77.8 Å². The van der Waals surface area contributed by atoms with Crippen molar-refractivity contribution in [2.24, 2.45) is 5.92 Å². The Morgan fingerprint density at radius 1 is 0.759 bits per heavy atom. The summed E-state index contributed by atoms with van der Waals surface area (Å²) in [6.45, 7) is 5.76. The summed E-state index contributed by atoms with van der Waals surface area (Å²) in [5, 5.41) is 19.9. The van der Waals surface area contributed by atoms with Crippen LogP contribution in [0.15, 0.2) is 54.6 Å². The molecule has 0 saturated heterocycles. The summed E-state index contributed by atoms with van der Waals surface area (Å²) in [6.07, 6.45) is -4.36. The van der Waals surface area contributed by atoms with Crippen molar-refractivity contribution in [1.82, 2.24) is 21.3 Å². The molecule has 13 nitrogen and oxygen atoms in total. The molecule has 5 N–H and O–H groups in total. The SMILES string of the molecule is CC(C)[C@H](NC(=O)CNC(=O)OC(C)(C)C)C(=O)N[C@@H](Cc1ccc(OCC(=O)Oc2c(F)c(F)c(F)c(F)c2F)cc1)C(O)C(F)(F)C(=O)NCc1ccccc1. The fourth-order valence-corrected chi connectivity index (χ4v) is 4.96. The zero-order chi connectivity index (χ0) is 43.5. The van der Waals surface area contributed by atoms with Crippen molar-refractivity contribution in [3.05, 3.63) is 94.8 Å². The van der Waals surface area contributed by atoms with Gasteiger partial charge in [0.1, 0.15) is 30.0 Å². The minimum atomic E-state index is -4.50. The predicted octanol–water partition coefficient (Wildman–Crippen LogP) is 4.37. The topological polar surface area (TPSA) is 181 Å². The van der Waals surface area contributed by atoms with Crippen LogP contribution in [0.25, 0.3) is 0 Å². The third-order valence-corrected chi connectivity index (χ3v) is 7.86. The highest BCUT2D eigenvalue weighted by Gasteiger charge is 2.50. The second kappa shape index (κ2) is 20.0. The number of aliphatic hydroxyl groups is 1. The van der Waals surface area contributed by atoms with E-state index in [1.54, 1.807) is 51.1 Å². The Balaban J connectivity index is 1.78. The molecule has 0 heterocycles. The van der Waals surface area contributed by atoms with Crippen LogP contribution in [0.4, 0.5) is 35.5 Å². The normalized spacial score (nSPS) is 13.1. The Morgan fingerprint density at radius 2 is 1.33 bits per heavy atom. The van der Waals surface area contributed by atoms with E-state index in [-0.39, 0.29) is 17.9 Å². The van der Waals surface area contributed by atoms with E-state index in [2.05, 4.69) is 20.7 Å². The first-order valence-electron chi connectivity index (χ1n) is 17.4. The first-order valence-corrected chi connectivity index (χ1v) is 17.4. The van der Waals surface area contributed by atoms with Crippen molar-refractivity contribution in [3.8, 4) is 11.5 Å². The second-order valence-electron chi connectivity index (χ2n) is 14.0. The maximum Gasteiger partial charge on any atom is 0.408 e. The van der Waals surface area contributed by atoms with Crippen LogP contribution < -0.4 is 30.7 Å². The van der Waals surface area contributed by atoms with Crippen LogP contribution in [0.5, 0.6) is 11.5 Å². The molecule has 0 fully saturated rings. The van der Waals surface area contributed by atoms with E-state index in [0.717, 1.165) is 12.1 Å². The van der Waals surface area contributed by atoms with Gasteiger partial charge in [-0.25, -0.2) is 22.8 Å². The standard InChI is InChI=1S/C38H41F7N4O9/c1-19(2)31(49-24(50)17-47-36(55)58-37(3,4)5)34(53)48-23(33(52)38(44,45)35(54)46-16-21-9-7-6-8-10-21)15-20-11-13-22(14-12-20)56-18-25(51)57-32-29(42)27(40)26(39)28(41)30(32)43/h6-14,19,23,31,33,52H,15-18H2,1-5H3,(H,46,54)(H,47,55)(H,48,53)(H,49,50)/t23-,31-,33?/m0/s1. The average Bonchev–Trinajstić information content (AvgIpc) is 3.16. The van der Waals surface area contributed by atoms with Gasteiger partial charge in [-0.1, -0.05) is 56.3 Å². The van der Waals surface area contributed by atoms with Gasteiger partial charge in [0.05, 0.1) is 6.04 Å². The van der Waals surface area contributed by atoms with Gasteiger partial charge in [-0.15, -0.1) is 0 Å². The first-order chi connectivity index (χ1) is 27.0. The summed E-state index contributed by atoms with van der Waals surface area (Å²) in [4.78, 5) is 63.0. The maximum absolute atomic E-state index is 15.6. The predicted molar refractivity (Wildman–Crippen MR) is 190 cm³/mol. The number of halogens is 7. The highest BCUT2D eigenvalue weighted by molar-refractivity contribution is 5.90. The Morgan fingerprint density at radius 3 is 1.88 bits per heavy atom. The van der Waals surface area contributed by atoms with Gasteiger partial charge in [-0.05, 0) is 56.4 Å². The van der Waals surface area contributed by atoms with Gasteiger partial charge in [0, 0.05) is 6.54 Å². The lowest BCUT2D eigenvalue weighted by Gasteiger charge is -2.31. The van der Waals surface area contributed by atoms with Crippen molar-refractivity contribution in [2.75, 3.05) is 13.2 Å². The molecule has 4 amide bonds. The van der Waals surface area contributed by atoms with E-state index >= 15 is 8.78 Å². The van der Waals surface area contributed by atoms with Crippen LogP contribution in [0, 0.1) is 35.0 Å². The molecule has 0 aliphatic carbocycles. The minimum absolute atomic E-state index is 0.132. The smallest absolute Gasteiger partial charge is 0.408 e. The monoisotopic (exact) mass is 830 g/mol. The Kier molecular flexibility index (Phi) is 16.0. The summed E-state index contributed by atoms with van der Waals surface area (Å²) >= 11 is 0. The largest absolute Gasteiger partial charge is 0.482 e. The number of esters is 1. The van der Waals surface area contributed by atoms with Crippen molar-refractivity contribution in [3.63, 3.8) is 0 Å². The number of rotatable bonds is 17. The Labute approximate surface area is 327 Å². The number of carbonyl (C=O) groups excluding carboxylic acids is 5. The van der Waals surface area contributed by atoms with E-state index in [1.165, 1.54) is 26.0 Å². The summed E-state index contributed by atoms with van der Waals surface area (Å²) in [5.74, 6) is -24.5. The number of aliphatic hydroxyl groups excluding tert-OH is 1. The molecular weight excluding hydrogens is 789 g/mol. The number of ether oxygens (including phenoxy) is 3. The number of carbonyl (C=O) groups is 5. The summed E-state index contributed by atoms with van der Waals surface area (Å²) in [7, 11) is 0. The summed E-state index contributed by atoms with van der Waals surface area (Å²) in [6, 6.07) is 9.48. The molecule has 1 unspecified atom stereocenters. The molecule has 3 aromatic carbocycles. The van der Waals surface area contributed by atoms with E-state index in [9.17, 15) is 51.0 Å². The first kappa shape index (κ1) is 46.5.